The molecule has 2 aromatic rings. The van der Waals surface area contributed by atoms with Crippen LogP contribution in [-0.4, -0.2) is 24.5 Å². The van der Waals surface area contributed by atoms with E-state index >= 15 is 0 Å². The van der Waals surface area contributed by atoms with E-state index in [-0.39, 0.29) is 0 Å². The number of aromatic nitrogens is 5. The molecule has 0 spiro atoms. The van der Waals surface area contributed by atoms with E-state index in [4.69, 9.17) is 0 Å². The van der Waals surface area contributed by atoms with Gasteiger partial charge in [-0.05, 0) is 6.92 Å². The van der Waals surface area contributed by atoms with Gasteiger partial charge in [-0.25, -0.2) is 9.67 Å². The number of halogens is 1. The molecule has 0 bridgehead atoms. The molecule has 0 aliphatic carbocycles. The maximum Gasteiger partial charge on any atom is 0.0948 e. The molecule has 0 fully saturated rings. The van der Waals surface area contributed by atoms with Gasteiger partial charge in [0.2, 0.25) is 0 Å². The molecule has 0 saturated heterocycles. The second kappa shape index (κ2) is 4.57. The molecule has 0 radical (unpaired) electrons. The van der Waals surface area contributed by atoms with Crippen LogP contribution in [-0.2, 0) is 18.4 Å². The van der Waals surface area contributed by atoms with Crippen molar-refractivity contribution in [2.75, 3.05) is 0 Å². The fourth-order valence-electron chi connectivity index (χ4n) is 1.41. The summed E-state index contributed by atoms with van der Waals surface area (Å²) in [4.78, 5) is 4.11. The van der Waals surface area contributed by atoms with Gasteiger partial charge in [0, 0.05) is 18.1 Å². The van der Waals surface area contributed by atoms with Gasteiger partial charge in [-0.15, -0.1) is 5.10 Å². The van der Waals surface area contributed by atoms with E-state index in [1.54, 1.807) is 0 Å². The Kier molecular flexibility index (Phi) is 3.15. The zero-order chi connectivity index (χ0) is 10.7. The van der Waals surface area contributed by atoms with Crippen LogP contribution >= 0.6 is 15.9 Å². The first-order chi connectivity index (χ1) is 7.33. The monoisotopic (exact) mass is 269 g/mol. The fraction of sp³-hybridized carbons (Fsp3) is 0.444. The normalized spacial score (nSPS) is 10.8. The summed E-state index contributed by atoms with van der Waals surface area (Å²) in [6, 6.07) is 0. The third kappa shape index (κ3) is 2.26. The highest BCUT2D eigenvalue weighted by Crippen LogP contribution is 2.04. The molecule has 0 N–H and O–H groups in total. The van der Waals surface area contributed by atoms with E-state index in [0.717, 1.165) is 23.3 Å². The summed E-state index contributed by atoms with van der Waals surface area (Å²) < 4.78 is 3.91. The van der Waals surface area contributed by atoms with Crippen LogP contribution in [0.3, 0.4) is 0 Å². The molecule has 0 unspecified atom stereocenters. The van der Waals surface area contributed by atoms with Gasteiger partial charge in [-0.1, -0.05) is 21.1 Å². The van der Waals surface area contributed by atoms with Gasteiger partial charge in [0.1, 0.15) is 0 Å². The number of nitrogens with zero attached hydrogens (tertiary/aromatic N) is 5. The highest BCUT2D eigenvalue weighted by atomic mass is 79.9. The van der Waals surface area contributed by atoms with Gasteiger partial charge in [-0.3, -0.25) is 0 Å². The molecular formula is C9H12BrN5. The summed E-state index contributed by atoms with van der Waals surface area (Å²) >= 11 is 3.34. The summed E-state index contributed by atoms with van der Waals surface area (Å²) in [6.45, 7) is 3.74. The predicted molar refractivity (Wildman–Crippen MR) is 59.7 cm³/mol. The Morgan fingerprint density at radius 3 is 3.00 bits per heavy atom. The Labute approximate surface area is 96.2 Å². The molecular weight excluding hydrogens is 258 g/mol. The van der Waals surface area contributed by atoms with Gasteiger partial charge in [0.15, 0.2) is 0 Å². The molecule has 0 amide bonds. The first-order valence-corrected chi connectivity index (χ1v) is 5.89. The summed E-state index contributed by atoms with van der Waals surface area (Å²) in [5.41, 5.74) is 2.08. The zero-order valence-corrected chi connectivity index (χ0v) is 10.1. The fourth-order valence-corrected chi connectivity index (χ4v) is 1.66. The van der Waals surface area contributed by atoms with Gasteiger partial charge < -0.3 is 4.57 Å². The molecule has 2 rings (SSSR count). The van der Waals surface area contributed by atoms with Crippen LogP contribution in [0.2, 0.25) is 0 Å². The smallest absolute Gasteiger partial charge is 0.0948 e. The van der Waals surface area contributed by atoms with Crippen molar-refractivity contribution >= 4 is 15.9 Å². The van der Waals surface area contributed by atoms with Crippen LogP contribution in [0.1, 0.15) is 18.3 Å². The molecule has 15 heavy (non-hydrogen) atoms. The molecule has 2 aromatic heterocycles. The molecule has 2 heterocycles. The minimum absolute atomic E-state index is 0.716. The van der Waals surface area contributed by atoms with E-state index in [2.05, 4.69) is 42.7 Å². The van der Waals surface area contributed by atoms with Crippen LogP contribution in [0.5, 0.6) is 0 Å². The first kappa shape index (κ1) is 10.4. The number of alkyl halides is 1. The van der Waals surface area contributed by atoms with Crippen LogP contribution < -0.4 is 0 Å². The summed E-state index contributed by atoms with van der Waals surface area (Å²) in [5.74, 6) is 0. The minimum Gasteiger partial charge on any atom is -0.333 e. The van der Waals surface area contributed by atoms with E-state index in [1.807, 2.05) is 23.4 Å². The van der Waals surface area contributed by atoms with Crippen molar-refractivity contribution in [1.29, 1.82) is 0 Å². The summed E-state index contributed by atoms with van der Waals surface area (Å²) in [7, 11) is 0. The van der Waals surface area contributed by atoms with Crippen molar-refractivity contribution in [3.63, 3.8) is 0 Å². The number of rotatable bonds is 4. The van der Waals surface area contributed by atoms with Gasteiger partial charge in [0.05, 0.1) is 30.5 Å². The second-order valence-electron chi connectivity index (χ2n) is 3.21. The third-order valence-electron chi connectivity index (χ3n) is 2.19. The van der Waals surface area contributed by atoms with Crippen LogP contribution in [0.15, 0.2) is 18.7 Å². The third-order valence-corrected chi connectivity index (χ3v) is 2.76. The Morgan fingerprint density at radius 2 is 2.33 bits per heavy atom. The predicted octanol–water partition coefficient (Wildman–Crippen LogP) is 1.44. The lowest BCUT2D eigenvalue weighted by Crippen LogP contribution is -2.06. The first-order valence-electron chi connectivity index (χ1n) is 4.77. The van der Waals surface area contributed by atoms with E-state index in [0.29, 0.717) is 6.54 Å². The standard InChI is InChI=1S/C9H12BrN5/c1-2-14-7-11-4-9(14)6-15-5-8(3-10)12-13-15/h4-5,7H,2-3,6H2,1H3. The van der Waals surface area contributed by atoms with Gasteiger partial charge in [-0.2, -0.15) is 0 Å². The topological polar surface area (TPSA) is 48.5 Å². The van der Waals surface area contributed by atoms with Gasteiger partial charge >= 0.3 is 0 Å². The maximum absolute atomic E-state index is 4.11. The maximum atomic E-state index is 4.11. The molecule has 0 aliphatic rings. The molecule has 0 saturated carbocycles. The molecule has 6 heteroatoms. The van der Waals surface area contributed by atoms with Crippen LogP contribution in [0, 0.1) is 0 Å². The Bertz CT molecular complexity index is 433. The second-order valence-corrected chi connectivity index (χ2v) is 3.77. The van der Waals surface area contributed by atoms with Crippen molar-refractivity contribution in [3.8, 4) is 0 Å². The molecule has 0 atom stereocenters. The lowest BCUT2D eigenvalue weighted by atomic mass is 10.4. The van der Waals surface area contributed by atoms with Crippen molar-refractivity contribution in [2.45, 2.75) is 25.3 Å². The zero-order valence-electron chi connectivity index (χ0n) is 8.47. The molecule has 0 aromatic carbocycles. The van der Waals surface area contributed by atoms with Crippen LogP contribution in [0.4, 0.5) is 0 Å². The Balaban J connectivity index is 2.14. The summed E-state index contributed by atoms with van der Waals surface area (Å²) in [5, 5.41) is 8.78. The average molecular weight is 270 g/mol. The quantitative estimate of drug-likeness (QED) is 0.790. The van der Waals surface area contributed by atoms with E-state index in [1.165, 1.54) is 0 Å². The summed E-state index contributed by atoms with van der Waals surface area (Å²) in [6.07, 6.45) is 5.62. The number of aryl methyl sites for hydroxylation is 1. The number of imidazole rings is 1. The Hall–Kier alpha value is -1.17. The number of hydrogen-bond donors (Lipinski definition) is 0. The lowest BCUT2D eigenvalue weighted by molar-refractivity contribution is 0.602. The van der Waals surface area contributed by atoms with Crippen LogP contribution in [0.25, 0.3) is 0 Å². The highest BCUT2D eigenvalue weighted by Gasteiger charge is 2.03. The molecule has 0 aliphatic heterocycles. The minimum atomic E-state index is 0.716. The Morgan fingerprint density at radius 1 is 1.47 bits per heavy atom. The average Bonchev–Trinajstić information content (AvgIpc) is 2.87. The van der Waals surface area contributed by atoms with Crippen molar-refractivity contribution in [3.05, 3.63) is 30.1 Å². The van der Waals surface area contributed by atoms with E-state index in [9.17, 15) is 0 Å². The highest BCUT2D eigenvalue weighted by molar-refractivity contribution is 9.08. The lowest BCUT2D eigenvalue weighted by Gasteiger charge is -2.03. The molecule has 5 nitrogen and oxygen atoms in total. The van der Waals surface area contributed by atoms with Gasteiger partial charge in [0.25, 0.3) is 0 Å². The largest absolute Gasteiger partial charge is 0.333 e. The van der Waals surface area contributed by atoms with Crippen molar-refractivity contribution in [1.82, 2.24) is 24.5 Å². The SMILES string of the molecule is CCn1cncc1Cn1cc(CBr)nn1. The number of hydrogen-bond acceptors (Lipinski definition) is 3. The van der Waals surface area contributed by atoms with Crippen molar-refractivity contribution in [2.24, 2.45) is 0 Å². The van der Waals surface area contributed by atoms with E-state index < -0.39 is 0 Å². The molecule has 80 valence electrons. The van der Waals surface area contributed by atoms with Crippen molar-refractivity contribution < 1.29 is 0 Å².